The van der Waals surface area contributed by atoms with Crippen LogP contribution >= 0.6 is 11.6 Å². The summed E-state index contributed by atoms with van der Waals surface area (Å²) in [5, 5.41) is 12.3. The summed E-state index contributed by atoms with van der Waals surface area (Å²) in [5.74, 6) is -2.51. The Bertz CT molecular complexity index is 788. The number of carbonyl (C=O) groups is 2. The normalized spacial score (nSPS) is 22.9. The molecule has 3 unspecified atom stereocenters. The minimum atomic E-state index is -0.952. The van der Waals surface area contributed by atoms with Gasteiger partial charge < -0.3 is 12.4 Å². The molecule has 1 saturated heterocycles. The molecular weight excluding hydrogens is 349 g/mol. The SMILES string of the molecule is N#CC1C(=O)NC(=O)C([n+]2ccccc2)C1c1ccc(Cl)cc1.[Cl-]. The van der Waals surface area contributed by atoms with Crippen molar-refractivity contribution < 1.29 is 26.6 Å². The maximum atomic E-state index is 12.4. The Balaban J connectivity index is 0.00000208. The van der Waals surface area contributed by atoms with E-state index in [4.69, 9.17) is 11.6 Å². The van der Waals surface area contributed by atoms with E-state index in [0.29, 0.717) is 5.02 Å². The number of nitrogens with one attached hydrogen (secondary N) is 1. The highest BCUT2D eigenvalue weighted by molar-refractivity contribution is 6.30. The van der Waals surface area contributed by atoms with Crippen molar-refractivity contribution in [1.29, 1.82) is 5.26 Å². The van der Waals surface area contributed by atoms with E-state index in [1.165, 1.54) is 0 Å². The zero-order valence-corrected chi connectivity index (χ0v) is 13.9. The molecule has 0 spiro atoms. The molecule has 2 aromatic rings. The molecule has 7 heteroatoms. The second-order valence-electron chi connectivity index (χ2n) is 5.31. The summed E-state index contributed by atoms with van der Waals surface area (Å²) in [7, 11) is 0. The highest BCUT2D eigenvalue weighted by Gasteiger charge is 2.50. The molecule has 24 heavy (non-hydrogen) atoms. The van der Waals surface area contributed by atoms with E-state index in [0.717, 1.165) is 5.56 Å². The third kappa shape index (κ3) is 3.25. The van der Waals surface area contributed by atoms with Crippen LogP contribution in [0.3, 0.4) is 0 Å². The average Bonchev–Trinajstić information content (AvgIpc) is 2.56. The maximum Gasteiger partial charge on any atom is 0.296 e. The van der Waals surface area contributed by atoms with Crippen LogP contribution in [0, 0.1) is 17.2 Å². The number of carbonyl (C=O) groups excluding carboxylic acids is 2. The van der Waals surface area contributed by atoms with Gasteiger partial charge in [-0.25, -0.2) is 0 Å². The Labute approximate surface area is 150 Å². The highest BCUT2D eigenvalue weighted by atomic mass is 35.5. The van der Waals surface area contributed by atoms with Gasteiger partial charge in [0.1, 0.15) is 5.92 Å². The number of piperidine rings is 1. The van der Waals surface area contributed by atoms with Gasteiger partial charge in [-0.15, -0.1) is 0 Å². The van der Waals surface area contributed by atoms with E-state index in [2.05, 4.69) is 5.32 Å². The Morgan fingerprint density at radius 2 is 1.67 bits per heavy atom. The lowest BCUT2D eigenvalue weighted by molar-refractivity contribution is -0.713. The van der Waals surface area contributed by atoms with Gasteiger partial charge in [0.2, 0.25) is 11.9 Å². The number of rotatable bonds is 2. The third-order valence-corrected chi connectivity index (χ3v) is 4.20. The van der Waals surface area contributed by atoms with Gasteiger partial charge in [0.05, 0.1) is 12.0 Å². The van der Waals surface area contributed by atoms with Crippen molar-refractivity contribution >= 4 is 23.4 Å². The van der Waals surface area contributed by atoms with Gasteiger partial charge in [0.25, 0.3) is 5.91 Å². The van der Waals surface area contributed by atoms with Gasteiger partial charge >= 0.3 is 0 Å². The summed E-state index contributed by atoms with van der Waals surface area (Å²) < 4.78 is 1.71. The second-order valence-corrected chi connectivity index (χ2v) is 5.74. The molecule has 1 N–H and O–H groups in total. The first-order valence-corrected chi connectivity index (χ1v) is 7.45. The topological polar surface area (TPSA) is 73.8 Å². The number of amides is 2. The Morgan fingerprint density at radius 1 is 1.04 bits per heavy atom. The van der Waals surface area contributed by atoms with Gasteiger partial charge in [-0.2, -0.15) is 9.83 Å². The van der Waals surface area contributed by atoms with Crippen molar-refractivity contribution in [3.05, 3.63) is 65.4 Å². The molecule has 0 aliphatic carbocycles. The van der Waals surface area contributed by atoms with Crippen LogP contribution in [0.5, 0.6) is 0 Å². The minimum absolute atomic E-state index is 0. The molecule has 0 bridgehead atoms. The molecule has 1 aromatic carbocycles. The average molecular weight is 362 g/mol. The van der Waals surface area contributed by atoms with E-state index in [-0.39, 0.29) is 12.4 Å². The zero-order valence-electron chi connectivity index (χ0n) is 12.4. The summed E-state index contributed by atoms with van der Waals surface area (Å²) in [4.78, 5) is 24.5. The van der Waals surface area contributed by atoms with Crippen molar-refractivity contribution in [2.75, 3.05) is 0 Å². The smallest absolute Gasteiger partial charge is 0.296 e. The van der Waals surface area contributed by atoms with Crippen LogP contribution in [0.4, 0.5) is 0 Å². The molecule has 1 aromatic heterocycles. The number of pyridine rings is 1. The lowest BCUT2D eigenvalue weighted by atomic mass is 9.77. The molecule has 1 fully saturated rings. The fourth-order valence-corrected chi connectivity index (χ4v) is 3.02. The van der Waals surface area contributed by atoms with Gasteiger partial charge in [0.15, 0.2) is 12.4 Å². The van der Waals surface area contributed by atoms with Crippen LogP contribution < -0.4 is 22.3 Å². The number of benzene rings is 1. The number of halogens is 2. The van der Waals surface area contributed by atoms with E-state index in [1.807, 2.05) is 12.1 Å². The van der Waals surface area contributed by atoms with Crippen molar-refractivity contribution in [3.63, 3.8) is 0 Å². The number of aromatic nitrogens is 1. The Morgan fingerprint density at radius 3 is 2.25 bits per heavy atom. The van der Waals surface area contributed by atoms with E-state index < -0.39 is 29.7 Å². The lowest BCUT2D eigenvalue weighted by Gasteiger charge is -2.30. The zero-order chi connectivity index (χ0) is 16.4. The van der Waals surface area contributed by atoms with Gasteiger partial charge in [0, 0.05) is 17.2 Å². The highest BCUT2D eigenvalue weighted by Crippen LogP contribution is 2.36. The number of hydrogen-bond donors (Lipinski definition) is 1. The molecule has 3 rings (SSSR count). The number of imide groups is 1. The second kappa shape index (κ2) is 7.43. The van der Waals surface area contributed by atoms with Crippen LogP contribution in [0.1, 0.15) is 17.5 Å². The maximum absolute atomic E-state index is 12.4. The van der Waals surface area contributed by atoms with Gasteiger partial charge in [-0.3, -0.25) is 14.9 Å². The fraction of sp³-hybridized carbons (Fsp3) is 0.176. The predicted molar refractivity (Wildman–Crippen MR) is 82.1 cm³/mol. The van der Waals surface area contributed by atoms with Crippen LogP contribution in [0.15, 0.2) is 54.9 Å². The molecule has 3 atom stereocenters. The van der Waals surface area contributed by atoms with Gasteiger partial charge in [-0.05, 0) is 17.7 Å². The molecule has 1 aliphatic rings. The van der Waals surface area contributed by atoms with Crippen molar-refractivity contribution in [3.8, 4) is 6.07 Å². The monoisotopic (exact) mass is 361 g/mol. The third-order valence-electron chi connectivity index (χ3n) is 3.95. The number of nitrogens with zero attached hydrogens (tertiary/aromatic N) is 2. The summed E-state index contributed by atoms with van der Waals surface area (Å²) >= 11 is 5.92. The van der Waals surface area contributed by atoms with Gasteiger partial charge in [-0.1, -0.05) is 29.8 Å². The van der Waals surface area contributed by atoms with Crippen LogP contribution in [-0.4, -0.2) is 11.8 Å². The fourth-order valence-electron chi connectivity index (χ4n) is 2.90. The van der Waals surface area contributed by atoms with Crippen molar-refractivity contribution in [2.45, 2.75) is 12.0 Å². The van der Waals surface area contributed by atoms with E-state index >= 15 is 0 Å². The van der Waals surface area contributed by atoms with Crippen molar-refractivity contribution in [1.82, 2.24) is 5.32 Å². The summed E-state index contributed by atoms with van der Waals surface area (Å²) in [6.07, 6.45) is 3.49. The Hall–Kier alpha value is -2.42. The molecule has 5 nitrogen and oxygen atoms in total. The molecule has 0 radical (unpaired) electrons. The summed E-state index contributed by atoms with van der Waals surface area (Å²) in [5.41, 5.74) is 0.727. The van der Waals surface area contributed by atoms with Crippen molar-refractivity contribution in [2.24, 2.45) is 5.92 Å². The standard InChI is InChI=1S/C17H12ClN3O2.ClH/c18-12-6-4-11(5-7-12)14-13(10-19)16(22)20-17(23)15(14)21-8-2-1-3-9-21;/h1-9,13-15H;1H. The Kier molecular flexibility index (Phi) is 5.55. The van der Waals surface area contributed by atoms with Crippen LogP contribution in [0.2, 0.25) is 5.02 Å². The molecule has 2 heterocycles. The summed E-state index contributed by atoms with van der Waals surface area (Å²) in [6.45, 7) is 0. The first kappa shape index (κ1) is 17.9. The van der Waals surface area contributed by atoms with E-state index in [1.54, 1.807) is 53.4 Å². The molecular formula is C17H13Cl2N3O2. The first-order chi connectivity index (χ1) is 11.1. The molecule has 122 valence electrons. The predicted octanol–water partition coefficient (Wildman–Crippen LogP) is -1.25. The quantitative estimate of drug-likeness (QED) is 0.536. The lowest BCUT2D eigenvalue weighted by Crippen LogP contribution is -3.00. The minimum Gasteiger partial charge on any atom is -1.00 e. The molecule has 1 aliphatic heterocycles. The number of hydrogen-bond acceptors (Lipinski definition) is 3. The first-order valence-electron chi connectivity index (χ1n) is 7.07. The molecule has 2 amide bonds. The summed E-state index contributed by atoms with van der Waals surface area (Å²) in [6, 6.07) is 13.7. The largest absolute Gasteiger partial charge is 1.00 e. The number of nitriles is 1. The molecule has 0 saturated carbocycles. The van der Waals surface area contributed by atoms with E-state index in [9.17, 15) is 14.9 Å². The van der Waals surface area contributed by atoms with Crippen LogP contribution in [-0.2, 0) is 9.59 Å². The van der Waals surface area contributed by atoms with Crippen LogP contribution in [0.25, 0.3) is 0 Å².